The van der Waals surface area contributed by atoms with Gasteiger partial charge in [-0.15, -0.1) is 0 Å². The molecule has 0 radical (unpaired) electrons. The molecule has 2 fully saturated rings. The Bertz CT molecular complexity index is 562. The Morgan fingerprint density at radius 2 is 2.04 bits per heavy atom. The summed E-state index contributed by atoms with van der Waals surface area (Å²) in [4.78, 5) is 7.08. The summed E-state index contributed by atoms with van der Waals surface area (Å²) in [6.07, 6.45) is 4.98. The molecule has 26 heavy (non-hydrogen) atoms. The first-order valence-electron chi connectivity index (χ1n) is 9.79. The van der Waals surface area contributed by atoms with Crippen molar-refractivity contribution in [2.75, 3.05) is 32.8 Å². The standard InChI is InChI=1S/C20H31N3O3/c1-2-21-20(22-14-16-5-7-17(24)8-6-16)23-11-9-18(10-12-23)26-15-19-4-3-13-25-19/h5-8,18-19,24H,2-4,9-15H2,1H3,(H,21,22). The average Bonchev–Trinajstić information content (AvgIpc) is 3.19. The minimum atomic E-state index is 0.287. The van der Waals surface area contributed by atoms with E-state index in [-0.39, 0.29) is 5.75 Å². The molecule has 0 spiro atoms. The third-order valence-electron chi connectivity index (χ3n) is 4.97. The van der Waals surface area contributed by atoms with Crippen LogP contribution in [0.1, 0.15) is 38.2 Å². The summed E-state index contributed by atoms with van der Waals surface area (Å²) in [5.41, 5.74) is 1.09. The quantitative estimate of drug-likeness (QED) is 0.602. The van der Waals surface area contributed by atoms with Gasteiger partial charge in [-0.25, -0.2) is 4.99 Å². The van der Waals surface area contributed by atoms with Crippen molar-refractivity contribution in [3.05, 3.63) is 29.8 Å². The molecule has 1 aromatic carbocycles. The van der Waals surface area contributed by atoms with Gasteiger partial charge in [0.2, 0.25) is 0 Å². The second kappa shape index (κ2) is 9.78. The molecule has 3 rings (SSSR count). The minimum Gasteiger partial charge on any atom is -0.508 e. The fourth-order valence-corrected chi connectivity index (χ4v) is 3.45. The third-order valence-corrected chi connectivity index (χ3v) is 4.97. The van der Waals surface area contributed by atoms with E-state index in [0.717, 1.165) is 70.1 Å². The van der Waals surface area contributed by atoms with Crippen LogP contribution in [0.15, 0.2) is 29.3 Å². The highest BCUT2D eigenvalue weighted by Gasteiger charge is 2.24. The zero-order valence-corrected chi connectivity index (χ0v) is 15.7. The first-order chi connectivity index (χ1) is 12.7. The lowest BCUT2D eigenvalue weighted by atomic mass is 10.1. The molecule has 6 nitrogen and oxygen atoms in total. The predicted molar refractivity (Wildman–Crippen MR) is 102 cm³/mol. The lowest BCUT2D eigenvalue weighted by Gasteiger charge is -2.34. The van der Waals surface area contributed by atoms with Gasteiger partial charge < -0.3 is 24.8 Å². The number of guanidine groups is 1. The molecule has 6 heteroatoms. The number of rotatable bonds is 6. The topological polar surface area (TPSA) is 66.3 Å². The van der Waals surface area contributed by atoms with Crippen LogP contribution in [0.5, 0.6) is 5.75 Å². The number of nitrogens with one attached hydrogen (secondary N) is 1. The zero-order chi connectivity index (χ0) is 18.2. The number of phenols is 1. The second-order valence-corrected chi connectivity index (χ2v) is 6.99. The monoisotopic (exact) mass is 361 g/mol. The molecule has 0 bridgehead atoms. The van der Waals surface area contributed by atoms with Crippen molar-refractivity contribution < 1.29 is 14.6 Å². The summed E-state index contributed by atoms with van der Waals surface area (Å²) in [6.45, 7) is 7.08. The summed E-state index contributed by atoms with van der Waals surface area (Å²) in [5, 5.41) is 12.8. The first-order valence-corrected chi connectivity index (χ1v) is 9.79. The molecule has 0 aliphatic carbocycles. The van der Waals surface area contributed by atoms with Gasteiger partial charge in [0.05, 0.1) is 25.4 Å². The zero-order valence-electron chi connectivity index (χ0n) is 15.7. The van der Waals surface area contributed by atoms with Crippen LogP contribution in [-0.4, -0.2) is 61.0 Å². The molecular weight excluding hydrogens is 330 g/mol. The molecule has 1 unspecified atom stereocenters. The van der Waals surface area contributed by atoms with E-state index in [1.165, 1.54) is 0 Å². The number of aliphatic imine (C=N–C) groups is 1. The number of likely N-dealkylation sites (tertiary alicyclic amines) is 1. The number of phenolic OH excluding ortho intramolecular Hbond substituents is 1. The lowest BCUT2D eigenvalue weighted by molar-refractivity contribution is -0.0367. The van der Waals surface area contributed by atoms with Gasteiger partial charge in [-0.1, -0.05) is 12.1 Å². The first kappa shape index (κ1) is 19.0. The minimum absolute atomic E-state index is 0.287. The maximum Gasteiger partial charge on any atom is 0.194 e. The van der Waals surface area contributed by atoms with Crippen molar-refractivity contribution in [1.29, 1.82) is 0 Å². The molecule has 1 aromatic rings. The van der Waals surface area contributed by atoms with Crippen LogP contribution in [0.4, 0.5) is 0 Å². The summed E-state index contributed by atoms with van der Waals surface area (Å²) < 4.78 is 11.7. The molecule has 0 aromatic heterocycles. The average molecular weight is 361 g/mol. The maximum absolute atomic E-state index is 9.38. The Labute approximate surface area is 156 Å². The lowest BCUT2D eigenvalue weighted by Crippen LogP contribution is -2.47. The predicted octanol–water partition coefficient (Wildman–Crippen LogP) is 2.52. The van der Waals surface area contributed by atoms with Crippen molar-refractivity contribution in [3.8, 4) is 5.75 Å². The van der Waals surface area contributed by atoms with Crippen LogP contribution in [0, 0.1) is 0 Å². The molecule has 2 heterocycles. The van der Waals surface area contributed by atoms with Crippen LogP contribution in [-0.2, 0) is 16.0 Å². The van der Waals surface area contributed by atoms with Gasteiger partial charge in [0.25, 0.3) is 0 Å². The molecule has 0 saturated carbocycles. The summed E-state index contributed by atoms with van der Waals surface area (Å²) in [5.74, 6) is 1.24. The van der Waals surface area contributed by atoms with Crippen molar-refractivity contribution >= 4 is 5.96 Å². The van der Waals surface area contributed by atoms with E-state index in [1.54, 1.807) is 12.1 Å². The number of hydrogen-bond donors (Lipinski definition) is 2. The highest BCUT2D eigenvalue weighted by Crippen LogP contribution is 2.18. The van der Waals surface area contributed by atoms with Crippen LogP contribution in [0.3, 0.4) is 0 Å². The highest BCUT2D eigenvalue weighted by molar-refractivity contribution is 5.80. The van der Waals surface area contributed by atoms with E-state index in [0.29, 0.717) is 18.8 Å². The fourth-order valence-electron chi connectivity index (χ4n) is 3.45. The van der Waals surface area contributed by atoms with E-state index in [9.17, 15) is 5.11 Å². The molecule has 2 saturated heterocycles. The van der Waals surface area contributed by atoms with Gasteiger partial charge in [0, 0.05) is 26.2 Å². The number of ether oxygens (including phenoxy) is 2. The van der Waals surface area contributed by atoms with Gasteiger partial charge in [0.15, 0.2) is 5.96 Å². The fraction of sp³-hybridized carbons (Fsp3) is 0.650. The van der Waals surface area contributed by atoms with Gasteiger partial charge in [-0.2, -0.15) is 0 Å². The van der Waals surface area contributed by atoms with Crippen molar-refractivity contribution in [1.82, 2.24) is 10.2 Å². The number of piperidine rings is 1. The van der Waals surface area contributed by atoms with Gasteiger partial charge in [-0.3, -0.25) is 0 Å². The molecule has 144 valence electrons. The summed E-state index contributed by atoms with van der Waals surface area (Å²) >= 11 is 0. The van der Waals surface area contributed by atoms with Crippen LogP contribution in [0.25, 0.3) is 0 Å². The largest absolute Gasteiger partial charge is 0.508 e. The molecular formula is C20H31N3O3. The molecule has 1 atom stereocenters. The van der Waals surface area contributed by atoms with Crippen molar-refractivity contribution in [3.63, 3.8) is 0 Å². The Balaban J connectivity index is 1.47. The second-order valence-electron chi connectivity index (χ2n) is 6.99. The van der Waals surface area contributed by atoms with Crippen molar-refractivity contribution in [2.45, 2.75) is 51.4 Å². The van der Waals surface area contributed by atoms with E-state index >= 15 is 0 Å². The highest BCUT2D eigenvalue weighted by atomic mass is 16.5. The Morgan fingerprint density at radius 1 is 1.27 bits per heavy atom. The van der Waals surface area contributed by atoms with E-state index in [1.807, 2.05) is 12.1 Å². The van der Waals surface area contributed by atoms with Crippen LogP contribution >= 0.6 is 0 Å². The smallest absolute Gasteiger partial charge is 0.194 e. The van der Waals surface area contributed by atoms with E-state index < -0.39 is 0 Å². The summed E-state index contributed by atoms with van der Waals surface area (Å²) in [7, 11) is 0. The number of nitrogens with zero attached hydrogens (tertiary/aromatic N) is 2. The Hall–Kier alpha value is -1.79. The number of hydrogen-bond acceptors (Lipinski definition) is 4. The molecule has 2 aliphatic heterocycles. The number of aromatic hydroxyl groups is 1. The number of benzene rings is 1. The third kappa shape index (κ3) is 5.61. The molecule has 0 amide bonds. The maximum atomic E-state index is 9.38. The van der Waals surface area contributed by atoms with Crippen LogP contribution < -0.4 is 5.32 Å². The Kier molecular flexibility index (Phi) is 7.14. The van der Waals surface area contributed by atoms with Crippen LogP contribution in [0.2, 0.25) is 0 Å². The summed E-state index contributed by atoms with van der Waals surface area (Å²) in [6, 6.07) is 7.23. The molecule has 2 N–H and O–H groups in total. The molecule has 2 aliphatic rings. The van der Waals surface area contributed by atoms with Gasteiger partial charge in [0.1, 0.15) is 5.75 Å². The normalized spacial score (nSPS) is 22.0. The van der Waals surface area contributed by atoms with Gasteiger partial charge >= 0.3 is 0 Å². The van der Waals surface area contributed by atoms with E-state index in [2.05, 4.69) is 17.1 Å². The van der Waals surface area contributed by atoms with E-state index in [4.69, 9.17) is 14.5 Å². The Morgan fingerprint density at radius 3 is 2.69 bits per heavy atom. The van der Waals surface area contributed by atoms with Gasteiger partial charge in [-0.05, 0) is 50.3 Å². The van der Waals surface area contributed by atoms with Crippen molar-refractivity contribution in [2.24, 2.45) is 4.99 Å². The SMILES string of the molecule is CCNC(=NCc1ccc(O)cc1)N1CCC(OCC2CCCO2)CC1.